The van der Waals surface area contributed by atoms with Crippen molar-refractivity contribution >= 4 is 17.5 Å². The fourth-order valence-corrected chi connectivity index (χ4v) is 2.80. The smallest absolute Gasteiger partial charge is 0.236 e. The molecule has 6 heteroatoms. The Morgan fingerprint density at radius 1 is 1.15 bits per heavy atom. The lowest BCUT2D eigenvalue weighted by Crippen LogP contribution is -2.00. The maximum atomic E-state index is 9.28. The molecule has 0 fully saturated rings. The van der Waals surface area contributed by atoms with Gasteiger partial charge in [0.15, 0.2) is 6.61 Å². The third-order valence-electron chi connectivity index (χ3n) is 3.92. The lowest BCUT2D eigenvalue weighted by atomic mass is 10.1. The van der Waals surface area contributed by atoms with Crippen LogP contribution in [0, 0.1) is 25.2 Å². The quantitative estimate of drug-likeness (QED) is 0.663. The van der Waals surface area contributed by atoms with Crippen molar-refractivity contribution in [2.45, 2.75) is 27.0 Å². The first kappa shape index (κ1) is 17.8. The van der Waals surface area contributed by atoms with Gasteiger partial charge in [0.25, 0.3) is 0 Å². The molecule has 0 radical (unpaired) electrons. The highest BCUT2D eigenvalue weighted by Gasteiger charge is 2.14. The first-order valence-electron chi connectivity index (χ1n) is 8.14. The molecular weight excluding hydrogens is 350 g/mol. The van der Waals surface area contributed by atoms with Gasteiger partial charge >= 0.3 is 0 Å². The summed E-state index contributed by atoms with van der Waals surface area (Å²) in [5, 5.41) is 13.0. The highest BCUT2D eigenvalue weighted by atomic mass is 35.5. The molecule has 132 valence electrons. The second-order valence-corrected chi connectivity index (χ2v) is 6.26. The van der Waals surface area contributed by atoms with E-state index in [1.54, 1.807) is 0 Å². The normalized spacial score (nSPS) is 10.4. The van der Waals surface area contributed by atoms with Crippen molar-refractivity contribution in [3.05, 3.63) is 75.8 Å². The van der Waals surface area contributed by atoms with Crippen LogP contribution in [-0.2, 0) is 13.2 Å². The molecule has 0 aliphatic rings. The number of rotatable bonds is 6. The Balaban J connectivity index is 1.71. The molecule has 0 atom stereocenters. The van der Waals surface area contributed by atoms with E-state index in [0.29, 0.717) is 23.3 Å². The van der Waals surface area contributed by atoms with Gasteiger partial charge in [-0.05, 0) is 36.6 Å². The molecule has 0 saturated heterocycles. The van der Waals surface area contributed by atoms with Crippen LogP contribution in [0.5, 0.6) is 5.75 Å². The zero-order valence-electron chi connectivity index (χ0n) is 14.5. The minimum Gasteiger partial charge on any atom is -0.483 e. The number of benzene rings is 2. The zero-order chi connectivity index (χ0) is 18.5. The van der Waals surface area contributed by atoms with Gasteiger partial charge in [0, 0.05) is 11.6 Å². The maximum Gasteiger partial charge on any atom is 0.236 e. The number of aryl methyl sites for hydroxylation is 2. The molecule has 3 rings (SSSR count). The number of ether oxygens (including phenoxy) is 1. The minimum atomic E-state index is 0.147. The fraction of sp³-hybridized carbons (Fsp3) is 0.200. The van der Waals surface area contributed by atoms with E-state index in [1.807, 2.05) is 62.4 Å². The topological polar surface area (TPSA) is 71.1 Å². The first-order valence-corrected chi connectivity index (χ1v) is 8.52. The van der Waals surface area contributed by atoms with Crippen LogP contribution in [0.1, 0.15) is 28.3 Å². The van der Waals surface area contributed by atoms with Crippen LogP contribution >= 0.6 is 11.6 Å². The van der Waals surface area contributed by atoms with Crippen LogP contribution in [0.15, 0.2) is 46.9 Å². The Bertz CT molecular complexity index is 940. The summed E-state index contributed by atoms with van der Waals surface area (Å²) in [5.74, 6) is 1.45. The number of hydrogen-bond acceptors (Lipinski definition) is 5. The third kappa shape index (κ3) is 3.98. The molecule has 0 spiro atoms. The molecule has 0 bridgehead atoms. The number of nitrogens with one attached hydrogen (secondary N) is 1. The summed E-state index contributed by atoms with van der Waals surface area (Å²) in [6, 6.07) is 15.5. The van der Waals surface area contributed by atoms with E-state index in [-0.39, 0.29) is 12.3 Å². The van der Waals surface area contributed by atoms with Crippen molar-refractivity contribution in [3.8, 4) is 11.8 Å². The van der Waals surface area contributed by atoms with Gasteiger partial charge in [0.2, 0.25) is 17.5 Å². The molecule has 0 amide bonds. The van der Waals surface area contributed by atoms with Gasteiger partial charge in [-0.3, -0.25) is 0 Å². The molecule has 3 aromatic rings. The molecular formula is C20H18ClN3O2. The average Bonchev–Trinajstić information content (AvgIpc) is 3.03. The van der Waals surface area contributed by atoms with Crippen molar-refractivity contribution < 1.29 is 9.15 Å². The Hall–Kier alpha value is -2.97. The summed E-state index contributed by atoms with van der Waals surface area (Å²) in [5.41, 5.74) is 3.17. The predicted octanol–water partition coefficient (Wildman–Crippen LogP) is 5.01. The summed E-state index contributed by atoms with van der Waals surface area (Å²) in [7, 11) is 0. The van der Waals surface area contributed by atoms with Gasteiger partial charge in [-0.15, -0.1) is 0 Å². The Kier molecular flexibility index (Phi) is 5.45. The zero-order valence-corrected chi connectivity index (χ0v) is 15.3. The monoisotopic (exact) mass is 367 g/mol. The number of para-hydroxylation sites is 1. The van der Waals surface area contributed by atoms with Crippen LogP contribution in [0.3, 0.4) is 0 Å². The Labute approximate surface area is 157 Å². The number of oxazole rings is 1. The second kappa shape index (κ2) is 7.94. The van der Waals surface area contributed by atoms with E-state index in [0.717, 1.165) is 22.4 Å². The van der Waals surface area contributed by atoms with E-state index in [2.05, 4.69) is 10.3 Å². The number of nitrogens with zero attached hydrogens (tertiary/aromatic N) is 2. The maximum absolute atomic E-state index is 9.28. The molecule has 0 saturated carbocycles. The van der Waals surface area contributed by atoms with E-state index in [1.165, 1.54) is 0 Å². The van der Waals surface area contributed by atoms with Gasteiger partial charge in [-0.1, -0.05) is 48.0 Å². The lowest BCUT2D eigenvalue weighted by molar-refractivity contribution is 0.261. The SMILES string of the molecule is Cc1cccc(C)c1OCc1nc(C#N)c(NCc2ccccc2Cl)o1. The van der Waals surface area contributed by atoms with E-state index < -0.39 is 0 Å². The summed E-state index contributed by atoms with van der Waals surface area (Å²) in [6.45, 7) is 4.54. The van der Waals surface area contributed by atoms with Crippen LogP contribution in [0.2, 0.25) is 5.02 Å². The Morgan fingerprint density at radius 3 is 2.58 bits per heavy atom. The largest absolute Gasteiger partial charge is 0.483 e. The minimum absolute atomic E-state index is 0.147. The Morgan fingerprint density at radius 2 is 1.88 bits per heavy atom. The molecule has 1 heterocycles. The van der Waals surface area contributed by atoms with Crippen LogP contribution in [0.4, 0.5) is 5.88 Å². The lowest BCUT2D eigenvalue weighted by Gasteiger charge is -2.10. The van der Waals surface area contributed by atoms with Crippen LogP contribution < -0.4 is 10.1 Å². The van der Waals surface area contributed by atoms with Gasteiger partial charge in [-0.25, -0.2) is 0 Å². The summed E-state index contributed by atoms with van der Waals surface area (Å²) in [6.07, 6.45) is 0. The highest BCUT2D eigenvalue weighted by molar-refractivity contribution is 6.31. The molecule has 26 heavy (non-hydrogen) atoms. The molecule has 1 N–H and O–H groups in total. The second-order valence-electron chi connectivity index (χ2n) is 5.85. The standard InChI is InChI=1S/C20H18ClN3O2/c1-13-6-5-7-14(2)19(13)25-12-18-24-17(10-22)20(26-18)23-11-15-8-3-4-9-16(15)21/h3-9,23H,11-12H2,1-2H3. The molecule has 0 aliphatic heterocycles. The van der Waals surface area contributed by atoms with Crippen LogP contribution in [0.25, 0.3) is 0 Å². The first-order chi connectivity index (χ1) is 12.6. The van der Waals surface area contributed by atoms with Gasteiger partial charge in [0.05, 0.1) is 0 Å². The van der Waals surface area contributed by atoms with E-state index >= 15 is 0 Å². The third-order valence-corrected chi connectivity index (χ3v) is 4.29. The molecule has 0 unspecified atom stereocenters. The highest BCUT2D eigenvalue weighted by Crippen LogP contribution is 2.25. The molecule has 5 nitrogen and oxygen atoms in total. The average molecular weight is 368 g/mol. The predicted molar refractivity (Wildman–Crippen MR) is 100 cm³/mol. The molecule has 1 aromatic heterocycles. The summed E-state index contributed by atoms with van der Waals surface area (Å²) < 4.78 is 11.5. The molecule has 0 aliphatic carbocycles. The number of aromatic nitrogens is 1. The van der Waals surface area contributed by atoms with Crippen molar-refractivity contribution in [1.29, 1.82) is 5.26 Å². The number of anilines is 1. The number of halogens is 1. The van der Waals surface area contributed by atoms with Crippen molar-refractivity contribution in [1.82, 2.24) is 4.98 Å². The number of nitriles is 1. The van der Waals surface area contributed by atoms with Gasteiger partial charge in [-0.2, -0.15) is 10.2 Å². The number of hydrogen-bond donors (Lipinski definition) is 1. The van der Waals surface area contributed by atoms with Crippen LogP contribution in [-0.4, -0.2) is 4.98 Å². The van der Waals surface area contributed by atoms with Gasteiger partial charge in [0.1, 0.15) is 11.8 Å². The summed E-state index contributed by atoms with van der Waals surface area (Å²) >= 11 is 6.15. The fourth-order valence-electron chi connectivity index (χ4n) is 2.60. The van der Waals surface area contributed by atoms with Crippen molar-refractivity contribution in [3.63, 3.8) is 0 Å². The van der Waals surface area contributed by atoms with Gasteiger partial charge < -0.3 is 14.5 Å². The summed E-state index contributed by atoms with van der Waals surface area (Å²) in [4.78, 5) is 4.19. The molecule has 2 aromatic carbocycles. The van der Waals surface area contributed by atoms with Crippen molar-refractivity contribution in [2.24, 2.45) is 0 Å². The van der Waals surface area contributed by atoms with E-state index in [4.69, 9.17) is 20.8 Å². The van der Waals surface area contributed by atoms with E-state index in [9.17, 15) is 5.26 Å². The van der Waals surface area contributed by atoms with Crippen molar-refractivity contribution in [2.75, 3.05) is 5.32 Å².